The van der Waals surface area contributed by atoms with Gasteiger partial charge in [0, 0.05) is 0 Å². The molecular formula is C21H21Cl2FOTi. The minimum atomic E-state index is -3.44. The van der Waals surface area contributed by atoms with Crippen LogP contribution in [0.2, 0.25) is 0 Å². The average Bonchev–Trinajstić information content (AvgIpc) is 2.56. The van der Waals surface area contributed by atoms with Gasteiger partial charge in [-0.2, -0.15) is 0 Å². The molecule has 0 radical (unpaired) electrons. The van der Waals surface area contributed by atoms with Crippen molar-refractivity contribution in [2.45, 2.75) is 13.8 Å². The van der Waals surface area contributed by atoms with Crippen LogP contribution in [0.1, 0.15) is 22.3 Å². The van der Waals surface area contributed by atoms with E-state index in [-0.39, 0.29) is 24.8 Å². The Morgan fingerprint density at radius 3 is 1.58 bits per heavy atom. The third-order valence-corrected chi connectivity index (χ3v) is 5.89. The summed E-state index contributed by atoms with van der Waals surface area (Å²) >= 11 is -3.44. The van der Waals surface area contributed by atoms with E-state index in [1.807, 2.05) is 86.6 Å². The minimum Gasteiger partial charge on any atom is -0.147 e. The summed E-state index contributed by atoms with van der Waals surface area (Å²) in [5.41, 5.74) is 3.95. The number of benzene rings is 3. The quantitative estimate of drug-likeness (QED) is 0.450. The molecule has 3 aromatic rings. The number of hydrogen-bond donors (Lipinski definition) is 0. The first kappa shape index (κ1) is 22.6. The molecule has 0 aromatic heterocycles. The van der Waals surface area contributed by atoms with Crippen LogP contribution in [-0.4, -0.2) is 3.81 Å². The molecule has 0 N–H and O–H groups in total. The Morgan fingerprint density at radius 1 is 0.731 bits per heavy atom. The summed E-state index contributed by atoms with van der Waals surface area (Å²) in [5, 5.41) is 0. The molecule has 26 heavy (non-hydrogen) atoms. The number of rotatable bonds is 4. The molecule has 0 amide bonds. The second kappa shape index (κ2) is 10.6. The monoisotopic (exact) mass is 426 g/mol. The van der Waals surface area contributed by atoms with Crippen molar-refractivity contribution >= 4 is 28.6 Å². The molecule has 5 heteroatoms. The third kappa shape index (κ3) is 5.79. The molecule has 0 saturated heterocycles. The second-order valence-corrected chi connectivity index (χ2v) is 7.76. The molecule has 3 rings (SSSR count). The zero-order valence-electron chi connectivity index (χ0n) is 14.6. The predicted molar refractivity (Wildman–Crippen MR) is 108 cm³/mol. The van der Waals surface area contributed by atoms with Gasteiger partial charge in [-0.05, 0) is 0 Å². The molecule has 0 aliphatic rings. The van der Waals surface area contributed by atoms with Crippen LogP contribution in [-0.2, 0) is 18.3 Å². The van der Waals surface area contributed by atoms with E-state index in [1.165, 1.54) is 0 Å². The van der Waals surface area contributed by atoms with Crippen LogP contribution in [0.4, 0.5) is 3.09 Å². The molecule has 0 unspecified atom stereocenters. The van der Waals surface area contributed by atoms with E-state index >= 15 is 3.09 Å². The summed E-state index contributed by atoms with van der Waals surface area (Å²) in [6.45, 7) is 3.99. The second-order valence-electron chi connectivity index (χ2n) is 5.81. The van der Waals surface area contributed by atoms with Crippen molar-refractivity contribution in [1.29, 1.82) is 0 Å². The van der Waals surface area contributed by atoms with E-state index in [9.17, 15) is 0 Å². The molecule has 0 spiro atoms. The number of aryl methyl sites for hydroxylation is 2. The summed E-state index contributed by atoms with van der Waals surface area (Å²) in [4.78, 5) is 0. The first-order valence-corrected chi connectivity index (χ1v) is 9.91. The zero-order valence-corrected chi connectivity index (χ0v) is 17.8. The van der Waals surface area contributed by atoms with Gasteiger partial charge in [0.25, 0.3) is 0 Å². The minimum absolute atomic E-state index is 0. The Labute approximate surface area is 173 Å². The van der Waals surface area contributed by atoms with Crippen LogP contribution in [0.3, 0.4) is 0 Å². The third-order valence-electron chi connectivity index (χ3n) is 3.72. The normalized spacial score (nSPS) is 9.50. The molecule has 0 saturated carbocycles. The molecule has 0 atom stereocenters. The van der Waals surface area contributed by atoms with Gasteiger partial charge in [0.2, 0.25) is 0 Å². The fraction of sp³-hybridized carbons (Fsp3) is 0.0952. The van der Waals surface area contributed by atoms with Gasteiger partial charge in [0.1, 0.15) is 0 Å². The summed E-state index contributed by atoms with van der Waals surface area (Å²) in [5.74, 6) is 0.620. The smallest absolute Gasteiger partial charge is 0.147 e. The van der Waals surface area contributed by atoms with Crippen molar-refractivity contribution in [3.8, 4) is 5.75 Å². The SMILES string of the molecule is Cc1cc(C)cc([O][Ti]([F])=[C](c2ccccc2)c2ccccc2)c1.Cl.Cl. The maximum Gasteiger partial charge on any atom is -0.147 e. The van der Waals surface area contributed by atoms with E-state index in [0.717, 1.165) is 22.3 Å². The largest absolute Gasteiger partial charge is 0.147 e. The van der Waals surface area contributed by atoms with Crippen LogP contribution in [0.15, 0.2) is 78.9 Å². The van der Waals surface area contributed by atoms with Gasteiger partial charge in [0.15, 0.2) is 0 Å². The van der Waals surface area contributed by atoms with Crippen molar-refractivity contribution < 1.29 is 24.7 Å². The Bertz CT molecular complexity index is 806. The first-order chi connectivity index (χ1) is 11.6. The molecular weight excluding hydrogens is 406 g/mol. The Balaban J connectivity index is 0.00000169. The van der Waals surface area contributed by atoms with Gasteiger partial charge in [-0.3, -0.25) is 0 Å². The summed E-state index contributed by atoms with van der Waals surface area (Å²) in [6, 6.07) is 25.2. The maximum absolute atomic E-state index is 15.3. The standard InChI is InChI=1S/C13H10.C8H10O.2ClH.FH.Ti/c1-3-7-12(8-4-1)11-13-9-5-2-6-10-13;1-6-3-7(2)5-8(9)4-6;;;;/h1-10H;3-5,9H,1-2H3;3*1H;/q;;;;;+2/p-2. The first-order valence-electron chi connectivity index (χ1n) is 7.90. The van der Waals surface area contributed by atoms with Crippen LogP contribution < -0.4 is 3.32 Å². The van der Waals surface area contributed by atoms with Crippen molar-refractivity contribution in [3.63, 3.8) is 0 Å². The summed E-state index contributed by atoms with van der Waals surface area (Å²) in [7, 11) is 0. The van der Waals surface area contributed by atoms with Crippen LogP contribution >= 0.6 is 24.8 Å². The number of hydrogen-bond acceptors (Lipinski definition) is 1. The molecule has 0 bridgehead atoms. The predicted octanol–water partition coefficient (Wildman–Crippen LogP) is 6.21. The van der Waals surface area contributed by atoms with E-state index in [0.29, 0.717) is 9.56 Å². The van der Waals surface area contributed by atoms with Crippen molar-refractivity contribution in [2.75, 3.05) is 0 Å². The Kier molecular flexibility index (Phi) is 9.25. The van der Waals surface area contributed by atoms with Gasteiger partial charge in [-0.15, -0.1) is 24.8 Å². The van der Waals surface area contributed by atoms with Gasteiger partial charge in [0.05, 0.1) is 0 Å². The van der Waals surface area contributed by atoms with Gasteiger partial charge in [-0.1, -0.05) is 0 Å². The van der Waals surface area contributed by atoms with Crippen molar-refractivity contribution in [2.24, 2.45) is 0 Å². The van der Waals surface area contributed by atoms with E-state index in [1.54, 1.807) is 0 Å². The maximum atomic E-state index is 15.3. The average molecular weight is 427 g/mol. The topological polar surface area (TPSA) is 9.23 Å². The fourth-order valence-electron chi connectivity index (χ4n) is 2.75. The van der Waals surface area contributed by atoms with E-state index < -0.39 is 18.3 Å². The summed E-state index contributed by atoms with van der Waals surface area (Å²) in [6.07, 6.45) is 0. The van der Waals surface area contributed by atoms with Crippen molar-refractivity contribution in [3.05, 3.63) is 101 Å². The van der Waals surface area contributed by atoms with Gasteiger partial charge >= 0.3 is 149 Å². The van der Waals surface area contributed by atoms with Gasteiger partial charge < -0.3 is 0 Å². The number of halogens is 3. The molecule has 1 nitrogen and oxygen atoms in total. The van der Waals surface area contributed by atoms with Crippen molar-refractivity contribution in [1.82, 2.24) is 0 Å². The molecule has 136 valence electrons. The molecule has 3 aromatic carbocycles. The van der Waals surface area contributed by atoms with Crippen LogP contribution in [0.25, 0.3) is 0 Å². The van der Waals surface area contributed by atoms with Crippen LogP contribution in [0, 0.1) is 13.8 Å². The molecule has 0 heterocycles. The van der Waals surface area contributed by atoms with Gasteiger partial charge in [-0.25, -0.2) is 0 Å². The Morgan fingerprint density at radius 2 is 1.15 bits per heavy atom. The molecule has 0 aliphatic carbocycles. The zero-order chi connectivity index (χ0) is 16.9. The fourth-order valence-corrected chi connectivity index (χ4v) is 4.65. The van der Waals surface area contributed by atoms with Crippen LogP contribution in [0.5, 0.6) is 5.75 Å². The Hall–Kier alpha value is -1.45. The van der Waals surface area contributed by atoms with E-state index in [4.69, 9.17) is 3.32 Å². The van der Waals surface area contributed by atoms with E-state index in [2.05, 4.69) is 6.07 Å². The molecule has 0 aliphatic heterocycles. The summed E-state index contributed by atoms with van der Waals surface area (Å²) < 4.78 is 21.8. The molecule has 0 fully saturated rings.